The Balaban J connectivity index is 1.21. The molecule has 6 nitrogen and oxygen atoms in total. The number of pyridine rings is 1. The summed E-state index contributed by atoms with van der Waals surface area (Å²) >= 11 is 0. The van der Waals surface area contributed by atoms with E-state index in [1.165, 1.54) is 51.6 Å². The fraction of sp³-hybridized carbons (Fsp3) is 0.333. The molecule has 0 atom stereocenters. The molecule has 2 aliphatic rings. The number of aromatic amines is 2. The maximum atomic E-state index is 14.9. The molecule has 1 saturated heterocycles. The molecule has 4 heterocycles. The highest BCUT2D eigenvalue weighted by molar-refractivity contribution is 5.97. The number of likely N-dealkylation sites (tertiary alicyclic amines) is 1. The van der Waals surface area contributed by atoms with E-state index in [2.05, 4.69) is 87.4 Å². The van der Waals surface area contributed by atoms with Crippen LogP contribution in [0.5, 0.6) is 0 Å². The van der Waals surface area contributed by atoms with Gasteiger partial charge in [0.25, 0.3) is 0 Å². The molecule has 3 N–H and O–H groups in total. The number of hydrogen-bond donors (Lipinski definition) is 3. The molecule has 1 aromatic carbocycles. The van der Waals surface area contributed by atoms with E-state index in [9.17, 15) is 4.39 Å². The molecule has 0 amide bonds. The third kappa shape index (κ3) is 8.11. The number of nitrogens with zero attached hydrogens (tertiary/aromatic N) is 3. The first-order valence-corrected chi connectivity index (χ1v) is 17.7. The van der Waals surface area contributed by atoms with Crippen LogP contribution in [-0.2, 0) is 6.42 Å². The van der Waals surface area contributed by atoms with Gasteiger partial charge in [0.05, 0.1) is 22.8 Å². The number of aromatic nitrogens is 4. The zero-order valence-corrected chi connectivity index (χ0v) is 29.0. The lowest BCUT2D eigenvalue weighted by Crippen LogP contribution is -2.21. The molecule has 1 aliphatic carbocycles. The summed E-state index contributed by atoms with van der Waals surface area (Å²) < 4.78 is 14.9. The SMILES string of the molecule is C=C\C(=C/C(=C\C)C(/C)=C/C=c1/[nH]nc(-c2cc3c(-c4cc(F)cc(CCCN5CCCC5)c4)cncc3[nH]2)c1=C)NC(=C)C1CCCC1. The minimum atomic E-state index is -0.222. The second-order valence-corrected chi connectivity index (χ2v) is 13.5. The van der Waals surface area contributed by atoms with Crippen molar-refractivity contribution in [3.8, 4) is 22.5 Å². The molecule has 1 saturated carbocycles. The summed E-state index contributed by atoms with van der Waals surface area (Å²) in [6.45, 7) is 20.2. The summed E-state index contributed by atoms with van der Waals surface area (Å²) in [6.07, 6.45) is 23.1. The van der Waals surface area contributed by atoms with Crippen molar-refractivity contribution >= 4 is 23.6 Å². The van der Waals surface area contributed by atoms with Gasteiger partial charge in [-0.3, -0.25) is 10.1 Å². The Hall–Kier alpha value is -4.75. The first-order valence-electron chi connectivity index (χ1n) is 17.7. The first kappa shape index (κ1) is 34.1. The van der Waals surface area contributed by atoms with Crippen molar-refractivity contribution in [1.29, 1.82) is 0 Å². The van der Waals surface area contributed by atoms with Crippen LogP contribution in [0.1, 0.15) is 64.4 Å². The third-order valence-corrected chi connectivity index (χ3v) is 10.1. The van der Waals surface area contributed by atoms with Crippen LogP contribution in [0, 0.1) is 11.7 Å². The van der Waals surface area contributed by atoms with Crippen molar-refractivity contribution < 1.29 is 4.39 Å². The van der Waals surface area contributed by atoms with Crippen LogP contribution in [0.15, 0.2) is 96.7 Å². The monoisotopic (exact) mass is 656 g/mol. The van der Waals surface area contributed by atoms with Crippen molar-refractivity contribution in [1.82, 2.24) is 30.4 Å². The van der Waals surface area contributed by atoms with Crippen molar-refractivity contribution in [2.45, 2.75) is 65.2 Å². The molecule has 0 bridgehead atoms. The minimum Gasteiger partial charge on any atom is -0.359 e. The van der Waals surface area contributed by atoms with Gasteiger partial charge in [0, 0.05) is 33.8 Å². The van der Waals surface area contributed by atoms with Gasteiger partial charge in [0.1, 0.15) is 11.5 Å². The lowest BCUT2D eigenvalue weighted by atomic mass is 9.99. The van der Waals surface area contributed by atoms with Gasteiger partial charge in [-0.15, -0.1) is 0 Å². The van der Waals surface area contributed by atoms with E-state index in [4.69, 9.17) is 0 Å². The van der Waals surface area contributed by atoms with Crippen LogP contribution >= 0.6 is 0 Å². The Morgan fingerprint density at radius 1 is 1.10 bits per heavy atom. The number of allylic oxidation sites excluding steroid dienone is 7. The molecule has 49 heavy (non-hydrogen) atoms. The smallest absolute Gasteiger partial charge is 0.124 e. The molecule has 3 aromatic heterocycles. The number of fused-ring (bicyclic) bond motifs is 1. The predicted octanol–water partition coefficient (Wildman–Crippen LogP) is 8.23. The normalized spacial score (nSPS) is 17.0. The molecule has 2 fully saturated rings. The highest BCUT2D eigenvalue weighted by atomic mass is 19.1. The number of H-pyrrole nitrogens is 2. The van der Waals surface area contributed by atoms with Crippen molar-refractivity contribution in [2.75, 3.05) is 19.6 Å². The van der Waals surface area contributed by atoms with Gasteiger partial charge in [-0.25, -0.2) is 4.39 Å². The summed E-state index contributed by atoms with van der Waals surface area (Å²) in [5, 5.41) is 13.9. The van der Waals surface area contributed by atoms with Gasteiger partial charge >= 0.3 is 0 Å². The van der Waals surface area contributed by atoms with E-state index >= 15 is 0 Å². The molecule has 0 spiro atoms. The van der Waals surface area contributed by atoms with Crippen molar-refractivity contribution in [2.24, 2.45) is 5.92 Å². The molecule has 1 aliphatic heterocycles. The minimum absolute atomic E-state index is 0.222. The Kier molecular flexibility index (Phi) is 10.9. The van der Waals surface area contributed by atoms with Crippen LogP contribution in [0.3, 0.4) is 0 Å². The standard InChI is InChI=1S/C42H49FN6/c1-6-32(24-36(7-2)45-30(5)33-14-8-9-15-33)28(3)16-17-39-29(4)42(48-47-39)40-25-37-38(26-44-27-41(37)46-40)34-21-31(22-35(43)23-34)13-12-20-49-18-10-11-19-49/h6-7,16-17,21-27,33,45-47H,2,4-5,8-15,18-20H2,1,3H3/b28-16+,32-6+,36-24+,39-17+. The van der Waals surface area contributed by atoms with Crippen LogP contribution in [0.2, 0.25) is 0 Å². The number of halogens is 1. The number of nitrogens with one attached hydrogen (secondary N) is 3. The summed E-state index contributed by atoms with van der Waals surface area (Å²) in [5.74, 6) is 0.307. The van der Waals surface area contributed by atoms with Crippen LogP contribution < -0.4 is 15.9 Å². The molecular formula is C42H49FN6. The molecule has 4 aromatic rings. The molecule has 6 rings (SSSR count). The lowest BCUT2D eigenvalue weighted by Gasteiger charge is -2.16. The lowest BCUT2D eigenvalue weighted by molar-refractivity contribution is 0.334. The van der Waals surface area contributed by atoms with E-state index in [-0.39, 0.29) is 5.82 Å². The topological polar surface area (TPSA) is 72.6 Å². The van der Waals surface area contributed by atoms with Gasteiger partial charge in [-0.2, -0.15) is 5.10 Å². The molecular weight excluding hydrogens is 608 g/mol. The van der Waals surface area contributed by atoms with Crippen molar-refractivity contribution in [3.63, 3.8) is 0 Å². The van der Waals surface area contributed by atoms with Crippen LogP contribution in [-0.4, -0.2) is 44.7 Å². The zero-order chi connectivity index (χ0) is 34.3. The van der Waals surface area contributed by atoms with Gasteiger partial charge in [-0.1, -0.05) is 50.8 Å². The molecule has 254 valence electrons. The van der Waals surface area contributed by atoms with E-state index in [0.717, 1.165) is 91.5 Å². The van der Waals surface area contributed by atoms with E-state index in [1.807, 2.05) is 25.3 Å². The number of rotatable bonds is 13. The van der Waals surface area contributed by atoms with Crippen LogP contribution in [0.25, 0.3) is 46.1 Å². The van der Waals surface area contributed by atoms with E-state index in [0.29, 0.717) is 5.92 Å². The molecule has 7 heteroatoms. The largest absolute Gasteiger partial charge is 0.359 e. The second-order valence-electron chi connectivity index (χ2n) is 13.5. The third-order valence-electron chi connectivity index (χ3n) is 10.1. The maximum Gasteiger partial charge on any atom is 0.124 e. The Morgan fingerprint density at radius 2 is 1.90 bits per heavy atom. The second kappa shape index (κ2) is 15.6. The molecule has 0 unspecified atom stereocenters. The average Bonchev–Trinajstić information content (AvgIpc) is 3.93. The predicted molar refractivity (Wildman–Crippen MR) is 202 cm³/mol. The zero-order valence-electron chi connectivity index (χ0n) is 29.0. The summed E-state index contributed by atoms with van der Waals surface area (Å²) in [6, 6.07) is 7.43. The van der Waals surface area contributed by atoms with Gasteiger partial charge in [0.15, 0.2) is 0 Å². The highest BCUT2D eigenvalue weighted by Gasteiger charge is 2.18. The average molecular weight is 657 g/mol. The van der Waals surface area contributed by atoms with Gasteiger partial charge < -0.3 is 15.2 Å². The van der Waals surface area contributed by atoms with Crippen molar-refractivity contribution in [3.05, 3.63) is 119 Å². The van der Waals surface area contributed by atoms with E-state index in [1.54, 1.807) is 18.3 Å². The number of benzene rings is 1. The Labute approximate surface area is 289 Å². The number of aryl methyl sites for hydroxylation is 1. The quantitative estimate of drug-likeness (QED) is 0.127. The number of hydrogen-bond acceptors (Lipinski definition) is 4. The summed E-state index contributed by atoms with van der Waals surface area (Å²) in [5.41, 5.74) is 9.36. The summed E-state index contributed by atoms with van der Waals surface area (Å²) in [4.78, 5) is 10.5. The van der Waals surface area contributed by atoms with E-state index < -0.39 is 0 Å². The fourth-order valence-corrected chi connectivity index (χ4v) is 7.22. The fourth-order valence-electron chi connectivity index (χ4n) is 7.22. The Bertz CT molecular complexity index is 2030. The van der Waals surface area contributed by atoms with Gasteiger partial charge in [0.2, 0.25) is 0 Å². The van der Waals surface area contributed by atoms with Gasteiger partial charge in [-0.05, 0) is 137 Å². The van der Waals surface area contributed by atoms with Crippen LogP contribution in [0.4, 0.5) is 4.39 Å². The maximum absolute atomic E-state index is 14.9. The first-order chi connectivity index (χ1) is 23.8. The highest BCUT2D eigenvalue weighted by Crippen LogP contribution is 2.32. The molecule has 0 radical (unpaired) electrons. The summed E-state index contributed by atoms with van der Waals surface area (Å²) in [7, 11) is 0. The Morgan fingerprint density at radius 3 is 2.65 bits per heavy atom.